The molecule has 46 heavy (non-hydrogen) atoms. The van der Waals surface area contributed by atoms with E-state index in [4.69, 9.17) is 9.47 Å². The second-order valence-corrected chi connectivity index (χ2v) is 12.8. The van der Waals surface area contributed by atoms with Crippen LogP contribution in [0.25, 0.3) is 0 Å². The number of allylic oxidation sites excluding steroid dienone is 8. The Hall–Kier alpha value is -2.42. The monoisotopic (exact) mass is 636 g/mol. The van der Waals surface area contributed by atoms with Gasteiger partial charge in [0.05, 0.1) is 13.2 Å². The number of benzene rings is 1. The molecular weight excluding hydrogens is 562 g/mol. The summed E-state index contributed by atoms with van der Waals surface area (Å²) in [6.45, 7) is 6.07. The van der Waals surface area contributed by atoms with Crippen molar-refractivity contribution in [1.29, 1.82) is 0 Å². The lowest BCUT2D eigenvalue weighted by atomic mass is 10.1. The van der Waals surface area contributed by atoms with Gasteiger partial charge >= 0.3 is 0 Å². The Morgan fingerprint density at radius 2 is 0.783 bits per heavy atom. The summed E-state index contributed by atoms with van der Waals surface area (Å²) in [5.74, 6) is 1.81. The minimum Gasteiger partial charge on any atom is -0.493 e. The van der Waals surface area contributed by atoms with E-state index in [0.29, 0.717) is 0 Å². The molecule has 1 N–H and O–H groups in total. The van der Waals surface area contributed by atoms with Gasteiger partial charge < -0.3 is 14.8 Å². The molecule has 0 saturated carbocycles. The number of anilines is 1. The molecule has 0 fully saturated rings. The van der Waals surface area contributed by atoms with Gasteiger partial charge in [-0.25, -0.2) is 0 Å². The van der Waals surface area contributed by atoms with Crippen LogP contribution in [-0.2, 0) is 0 Å². The van der Waals surface area contributed by atoms with Crippen molar-refractivity contribution in [2.45, 2.75) is 168 Å². The molecule has 0 atom stereocenters. The van der Waals surface area contributed by atoms with E-state index in [-0.39, 0.29) is 0 Å². The van der Waals surface area contributed by atoms with Crippen LogP contribution in [0.1, 0.15) is 168 Å². The van der Waals surface area contributed by atoms with Crippen molar-refractivity contribution in [3.63, 3.8) is 0 Å². The van der Waals surface area contributed by atoms with Gasteiger partial charge in [-0.05, 0) is 77.0 Å². The second kappa shape index (κ2) is 33.9. The zero-order valence-corrected chi connectivity index (χ0v) is 30.6. The van der Waals surface area contributed by atoms with E-state index >= 15 is 0 Å². The number of hydrogen-bond donors (Lipinski definition) is 1. The molecule has 1 rings (SSSR count). The highest BCUT2D eigenvalue weighted by molar-refractivity contribution is 5.53. The third-order valence-electron chi connectivity index (χ3n) is 8.40. The van der Waals surface area contributed by atoms with Gasteiger partial charge in [0, 0.05) is 30.9 Å². The molecule has 0 unspecified atom stereocenters. The maximum Gasteiger partial charge on any atom is 0.125 e. The van der Waals surface area contributed by atoms with Crippen LogP contribution in [0.3, 0.4) is 0 Å². The SMILES string of the molecule is CCCCC/C=C\C/C=C\CCCCCCCCOc1cc(NC)cc(OCCCCCCCC/C=C\C/C=C\CCCCC)c1. The Labute approximate surface area is 286 Å². The average Bonchev–Trinajstić information content (AvgIpc) is 3.07. The number of nitrogens with one attached hydrogen (secondary N) is 1. The molecule has 1 aromatic carbocycles. The highest BCUT2D eigenvalue weighted by atomic mass is 16.5. The van der Waals surface area contributed by atoms with E-state index in [1.807, 2.05) is 13.1 Å². The lowest BCUT2D eigenvalue weighted by Gasteiger charge is -2.12. The summed E-state index contributed by atoms with van der Waals surface area (Å²) in [6, 6.07) is 6.19. The molecule has 0 aliphatic carbocycles. The fourth-order valence-electron chi connectivity index (χ4n) is 5.44. The van der Waals surface area contributed by atoms with Crippen molar-refractivity contribution < 1.29 is 9.47 Å². The van der Waals surface area contributed by atoms with Gasteiger partial charge in [0.2, 0.25) is 0 Å². The van der Waals surface area contributed by atoms with Crippen LogP contribution < -0.4 is 14.8 Å². The van der Waals surface area contributed by atoms with E-state index in [2.05, 4.69) is 79.9 Å². The first-order valence-corrected chi connectivity index (χ1v) is 19.5. The molecule has 262 valence electrons. The summed E-state index contributed by atoms with van der Waals surface area (Å²) in [6.07, 6.45) is 49.0. The van der Waals surface area contributed by atoms with Crippen LogP contribution >= 0.6 is 0 Å². The largest absolute Gasteiger partial charge is 0.493 e. The lowest BCUT2D eigenvalue weighted by molar-refractivity contribution is 0.290. The number of ether oxygens (including phenoxy) is 2. The van der Waals surface area contributed by atoms with Gasteiger partial charge in [-0.3, -0.25) is 0 Å². The Morgan fingerprint density at radius 3 is 1.15 bits per heavy atom. The first kappa shape index (κ1) is 41.6. The third kappa shape index (κ3) is 27.9. The fraction of sp³-hybridized carbons (Fsp3) is 0.674. The van der Waals surface area contributed by atoms with E-state index < -0.39 is 0 Å². The van der Waals surface area contributed by atoms with Crippen LogP contribution in [-0.4, -0.2) is 20.3 Å². The Balaban J connectivity index is 2.02. The molecule has 0 radical (unpaired) electrons. The average molecular weight is 636 g/mol. The van der Waals surface area contributed by atoms with Gasteiger partial charge in [0.1, 0.15) is 11.5 Å². The van der Waals surface area contributed by atoms with E-state index in [1.54, 1.807) is 0 Å². The third-order valence-corrected chi connectivity index (χ3v) is 8.40. The van der Waals surface area contributed by atoms with Crippen molar-refractivity contribution in [2.24, 2.45) is 0 Å². The topological polar surface area (TPSA) is 30.5 Å². The van der Waals surface area contributed by atoms with Gasteiger partial charge in [0.15, 0.2) is 0 Å². The normalized spacial score (nSPS) is 12.0. The molecule has 3 heteroatoms. The second-order valence-electron chi connectivity index (χ2n) is 12.8. The molecule has 0 bridgehead atoms. The Morgan fingerprint density at radius 1 is 0.435 bits per heavy atom. The molecule has 0 amide bonds. The summed E-state index contributed by atoms with van der Waals surface area (Å²) in [7, 11) is 1.95. The van der Waals surface area contributed by atoms with E-state index in [0.717, 1.165) is 56.1 Å². The smallest absolute Gasteiger partial charge is 0.125 e. The zero-order valence-electron chi connectivity index (χ0n) is 30.6. The minimum atomic E-state index is 0.771. The molecule has 0 heterocycles. The molecular formula is C43H73NO2. The molecule has 1 aromatic rings. The van der Waals surface area contributed by atoms with Gasteiger partial charge in [-0.2, -0.15) is 0 Å². The van der Waals surface area contributed by atoms with Crippen molar-refractivity contribution in [3.05, 3.63) is 66.8 Å². The lowest BCUT2D eigenvalue weighted by Crippen LogP contribution is -2.01. The molecule has 0 saturated heterocycles. The predicted molar refractivity (Wildman–Crippen MR) is 206 cm³/mol. The highest BCUT2D eigenvalue weighted by Gasteiger charge is 2.03. The van der Waals surface area contributed by atoms with Crippen molar-refractivity contribution in [2.75, 3.05) is 25.6 Å². The highest BCUT2D eigenvalue weighted by Crippen LogP contribution is 2.26. The summed E-state index contributed by atoms with van der Waals surface area (Å²) in [5, 5.41) is 3.25. The standard InChI is InChI=1S/C43H73NO2/c1-4-6-8-10-12-14-16-18-20-22-24-26-28-30-32-34-36-45-42-38-41(44-3)39-43(40-42)46-37-35-33-31-29-27-25-23-21-19-17-15-13-11-9-7-5-2/h12-15,18-21,38-40,44H,4-11,16-17,22-37H2,1-3H3/b14-12-,15-13-,20-18-,21-19-. The Kier molecular flexibility index (Phi) is 30.7. The molecule has 0 aromatic heterocycles. The van der Waals surface area contributed by atoms with Crippen LogP contribution in [0.2, 0.25) is 0 Å². The van der Waals surface area contributed by atoms with Crippen molar-refractivity contribution in [1.82, 2.24) is 0 Å². The summed E-state index contributed by atoms with van der Waals surface area (Å²) >= 11 is 0. The van der Waals surface area contributed by atoms with Gasteiger partial charge in [0.25, 0.3) is 0 Å². The van der Waals surface area contributed by atoms with E-state index in [9.17, 15) is 0 Å². The van der Waals surface area contributed by atoms with Gasteiger partial charge in [-0.15, -0.1) is 0 Å². The van der Waals surface area contributed by atoms with Gasteiger partial charge in [-0.1, -0.05) is 140 Å². The first-order valence-electron chi connectivity index (χ1n) is 19.5. The summed E-state index contributed by atoms with van der Waals surface area (Å²) in [4.78, 5) is 0. The number of hydrogen-bond acceptors (Lipinski definition) is 3. The van der Waals surface area contributed by atoms with Crippen LogP contribution in [0.4, 0.5) is 5.69 Å². The molecule has 0 aliphatic heterocycles. The first-order chi connectivity index (χ1) is 22.8. The Bertz CT molecular complexity index is 832. The zero-order chi connectivity index (χ0) is 33.0. The van der Waals surface area contributed by atoms with Crippen LogP contribution in [0.5, 0.6) is 11.5 Å². The molecule has 3 nitrogen and oxygen atoms in total. The minimum absolute atomic E-state index is 0.771. The summed E-state index contributed by atoms with van der Waals surface area (Å²) < 4.78 is 12.2. The quantitative estimate of drug-likeness (QED) is 0.0616. The number of rotatable bonds is 33. The van der Waals surface area contributed by atoms with E-state index in [1.165, 1.54) is 128 Å². The maximum atomic E-state index is 6.10. The van der Waals surface area contributed by atoms with Crippen molar-refractivity contribution >= 4 is 5.69 Å². The van der Waals surface area contributed by atoms with Crippen molar-refractivity contribution in [3.8, 4) is 11.5 Å². The van der Waals surface area contributed by atoms with Crippen LogP contribution in [0.15, 0.2) is 66.8 Å². The maximum absolute atomic E-state index is 6.10. The molecule has 0 aliphatic rings. The number of unbranched alkanes of at least 4 members (excludes halogenated alkanes) is 18. The summed E-state index contributed by atoms with van der Waals surface area (Å²) in [5.41, 5.74) is 1.04. The predicted octanol–water partition coefficient (Wildman–Crippen LogP) is 14.1. The van der Waals surface area contributed by atoms with Crippen LogP contribution in [0, 0.1) is 0 Å². The fourth-order valence-corrected chi connectivity index (χ4v) is 5.44. The molecule has 0 spiro atoms.